The molecule has 0 amide bonds. The standard InChI is InChI=1S/C26H26N12O2/c27-13-15-1-5-17(6-2-15)29-21-33-23(37-25(39)35-21)31-19-9-11-20(12-10-19)32-24-34-22(36-26(40)38-24)30-18-7-3-16(14-28)4-8-18/h1-12H,13-14,27-28H2,(H3,29,31,33,35,37,39)(H3,30,32,34,36,38,40). The Bertz CT molecular complexity index is 1570. The van der Waals surface area contributed by atoms with E-state index >= 15 is 0 Å². The molecule has 0 saturated heterocycles. The SMILES string of the molecule is NCc1ccc(Nc2nc(Nc3ccc(Nc4nc(Nc5ccc(CN)cc5)nc(=O)[nH]4)cc3)[nH]c(=O)n2)cc1. The Morgan fingerprint density at radius 1 is 0.500 bits per heavy atom. The second kappa shape index (κ2) is 11.8. The highest BCUT2D eigenvalue weighted by Gasteiger charge is 2.07. The molecule has 10 N–H and O–H groups in total. The molecule has 14 nitrogen and oxygen atoms in total. The van der Waals surface area contributed by atoms with E-state index in [2.05, 4.69) is 51.2 Å². The van der Waals surface area contributed by atoms with Crippen molar-refractivity contribution in [3.05, 3.63) is 105 Å². The molecule has 0 aliphatic carbocycles. The summed E-state index contributed by atoms with van der Waals surface area (Å²) in [6, 6.07) is 21.9. The summed E-state index contributed by atoms with van der Waals surface area (Å²) in [7, 11) is 0. The van der Waals surface area contributed by atoms with Crippen molar-refractivity contribution in [1.29, 1.82) is 0 Å². The first-order valence-corrected chi connectivity index (χ1v) is 12.2. The Morgan fingerprint density at radius 2 is 0.825 bits per heavy atom. The lowest BCUT2D eigenvalue weighted by Gasteiger charge is -2.10. The van der Waals surface area contributed by atoms with Crippen LogP contribution in [-0.2, 0) is 13.1 Å². The lowest BCUT2D eigenvalue weighted by atomic mass is 10.2. The fourth-order valence-corrected chi connectivity index (χ4v) is 3.62. The average Bonchev–Trinajstić information content (AvgIpc) is 2.94. The van der Waals surface area contributed by atoms with Crippen LogP contribution in [0.4, 0.5) is 46.5 Å². The van der Waals surface area contributed by atoms with Crippen molar-refractivity contribution in [2.45, 2.75) is 13.1 Å². The Kier molecular flexibility index (Phi) is 7.71. The maximum atomic E-state index is 12.1. The zero-order chi connectivity index (χ0) is 27.9. The summed E-state index contributed by atoms with van der Waals surface area (Å²) >= 11 is 0. The normalized spacial score (nSPS) is 10.7. The van der Waals surface area contributed by atoms with Crippen LogP contribution in [0.3, 0.4) is 0 Å². The van der Waals surface area contributed by atoms with Gasteiger partial charge < -0.3 is 32.7 Å². The zero-order valence-electron chi connectivity index (χ0n) is 21.1. The number of hydrogen-bond acceptors (Lipinski definition) is 12. The molecular weight excluding hydrogens is 512 g/mol. The van der Waals surface area contributed by atoms with Gasteiger partial charge in [0.15, 0.2) is 0 Å². The minimum Gasteiger partial charge on any atom is -0.326 e. The van der Waals surface area contributed by atoms with Crippen LogP contribution >= 0.6 is 0 Å². The van der Waals surface area contributed by atoms with Gasteiger partial charge in [-0.2, -0.15) is 19.9 Å². The molecule has 14 heteroatoms. The minimum atomic E-state index is -0.565. The Hall–Kier alpha value is -5.60. The van der Waals surface area contributed by atoms with E-state index in [-0.39, 0.29) is 23.8 Å². The molecule has 0 saturated carbocycles. The molecule has 40 heavy (non-hydrogen) atoms. The van der Waals surface area contributed by atoms with Gasteiger partial charge in [0, 0.05) is 35.8 Å². The Labute approximate surface area is 227 Å². The number of nitrogens with one attached hydrogen (secondary N) is 6. The highest BCUT2D eigenvalue weighted by atomic mass is 16.1. The number of benzene rings is 3. The summed E-state index contributed by atoms with van der Waals surface area (Å²) in [5.41, 5.74) is 14.8. The Balaban J connectivity index is 1.24. The lowest BCUT2D eigenvalue weighted by molar-refractivity contribution is 0.998. The number of H-pyrrole nitrogens is 2. The van der Waals surface area contributed by atoms with E-state index in [0.29, 0.717) is 24.5 Å². The average molecular weight is 539 g/mol. The molecule has 202 valence electrons. The van der Waals surface area contributed by atoms with Gasteiger partial charge in [0.25, 0.3) is 0 Å². The van der Waals surface area contributed by atoms with E-state index in [0.717, 1.165) is 22.5 Å². The monoisotopic (exact) mass is 538 g/mol. The molecule has 0 bridgehead atoms. The van der Waals surface area contributed by atoms with Crippen molar-refractivity contribution < 1.29 is 0 Å². The molecule has 0 unspecified atom stereocenters. The van der Waals surface area contributed by atoms with Crippen molar-refractivity contribution in [1.82, 2.24) is 29.9 Å². The smallest absolute Gasteiger partial charge is 0.326 e. The van der Waals surface area contributed by atoms with Gasteiger partial charge in [-0.25, -0.2) is 9.59 Å². The quantitative estimate of drug-likeness (QED) is 0.129. The van der Waals surface area contributed by atoms with Crippen LogP contribution in [0.2, 0.25) is 0 Å². The summed E-state index contributed by atoms with van der Waals surface area (Å²) < 4.78 is 0. The molecule has 0 radical (unpaired) electrons. The van der Waals surface area contributed by atoms with Crippen molar-refractivity contribution in [2.75, 3.05) is 21.3 Å². The molecule has 0 aliphatic heterocycles. The topological polar surface area (TPSA) is 217 Å². The van der Waals surface area contributed by atoms with E-state index in [1.165, 1.54) is 0 Å². The first-order valence-electron chi connectivity index (χ1n) is 12.2. The molecule has 5 rings (SSSR count). The third-order valence-corrected chi connectivity index (χ3v) is 5.60. The van der Waals surface area contributed by atoms with Crippen LogP contribution < -0.4 is 44.1 Å². The van der Waals surface area contributed by atoms with Crippen molar-refractivity contribution >= 4 is 46.5 Å². The number of anilines is 8. The number of aromatic amines is 2. The van der Waals surface area contributed by atoms with E-state index in [1.807, 2.05) is 48.5 Å². The van der Waals surface area contributed by atoms with Gasteiger partial charge in [0.2, 0.25) is 23.8 Å². The molecule has 3 aromatic carbocycles. The van der Waals surface area contributed by atoms with E-state index in [1.54, 1.807) is 24.3 Å². The Morgan fingerprint density at radius 3 is 1.18 bits per heavy atom. The first-order chi connectivity index (χ1) is 19.4. The van der Waals surface area contributed by atoms with Crippen molar-refractivity contribution in [3.63, 3.8) is 0 Å². The molecule has 2 aromatic heterocycles. The third kappa shape index (κ3) is 6.83. The predicted molar refractivity (Wildman–Crippen MR) is 154 cm³/mol. The van der Waals surface area contributed by atoms with Crippen LogP contribution in [0.1, 0.15) is 11.1 Å². The summed E-state index contributed by atoms with van der Waals surface area (Å²) in [4.78, 5) is 45.7. The van der Waals surface area contributed by atoms with Gasteiger partial charge in [-0.3, -0.25) is 9.97 Å². The predicted octanol–water partition coefficient (Wildman–Crippen LogP) is 2.53. The van der Waals surface area contributed by atoms with Crippen LogP contribution in [0.25, 0.3) is 0 Å². The van der Waals surface area contributed by atoms with Gasteiger partial charge in [0.05, 0.1) is 0 Å². The molecule has 0 atom stereocenters. The van der Waals surface area contributed by atoms with Gasteiger partial charge in [0.1, 0.15) is 0 Å². The maximum Gasteiger partial charge on any atom is 0.351 e. The molecule has 5 aromatic rings. The molecule has 0 aliphatic rings. The molecule has 0 spiro atoms. The fraction of sp³-hybridized carbons (Fsp3) is 0.0769. The van der Waals surface area contributed by atoms with Crippen LogP contribution in [-0.4, -0.2) is 29.9 Å². The third-order valence-electron chi connectivity index (χ3n) is 5.60. The number of rotatable bonds is 10. The molecule has 2 heterocycles. The number of aromatic nitrogens is 6. The number of nitrogens with two attached hydrogens (primary N) is 2. The number of nitrogens with zero attached hydrogens (tertiary/aromatic N) is 4. The fourth-order valence-electron chi connectivity index (χ4n) is 3.62. The van der Waals surface area contributed by atoms with Gasteiger partial charge in [-0.05, 0) is 59.7 Å². The van der Waals surface area contributed by atoms with Crippen LogP contribution in [0.15, 0.2) is 82.4 Å². The van der Waals surface area contributed by atoms with Crippen LogP contribution in [0.5, 0.6) is 0 Å². The van der Waals surface area contributed by atoms with Gasteiger partial charge in [-0.1, -0.05) is 24.3 Å². The molecular formula is C26H26N12O2. The van der Waals surface area contributed by atoms with E-state index in [4.69, 9.17) is 11.5 Å². The summed E-state index contributed by atoms with van der Waals surface area (Å²) in [5.74, 6) is 0.684. The zero-order valence-corrected chi connectivity index (χ0v) is 21.1. The first kappa shape index (κ1) is 26.0. The van der Waals surface area contributed by atoms with Crippen molar-refractivity contribution in [3.8, 4) is 0 Å². The van der Waals surface area contributed by atoms with E-state index in [9.17, 15) is 9.59 Å². The lowest BCUT2D eigenvalue weighted by Crippen LogP contribution is -2.17. The summed E-state index contributed by atoms with van der Waals surface area (Å²) in [5, 5.41) is 12.1. The maximum absolute atomic E-state index is 12.1. The van der Waals surface area contributed by atoms with E-state index < -0.39 is 11.4 Å². The summed E-state index contributed by atoms with van der Waals surface area (Å²) in [6.45, 7) is 0.870. The molecule has 0 fully saturated rings. The van der Waals surface area contributed by atoms with Crippen LogP contribution in [0, 0.1) is 0 Å². The van der Waals surface area contributed by atoms with Gasteiger partial charge >= 0.3 is 11.4 Å². The van der Waals surface area contributed by atoms with Gasteiger partial charge in [-0.15, -0.1) is 0 Å². The largest absolute Gasteiger partial charge is 0.351 e. The highest BCUT2D eigenvalue weighted by molar-refractivity contribution is 5.63. The minimum absolute atomic E-state index is 0.137. The number of hydrogen-bond donors (Lipinski definition) is 8. The summed E-state index contributed by atoms with van der Waals surface area (Å²) in [6.07, 6.45) is 0. The van der Waals surface area contributed by atoms with Crippen molar-refractivity contribution in [2.24, 2.45) is 11.5 Å². The second-order valence-electron chi connectivity index (χ2n) is 8.53. The highest BCUT2D eigenvalue weighted by Crippen LogP contribution is 2.20. The second-order valence-corrected chi connectivity index (χ2v) is 8.53.